The Hall–Kier alpha value is -2.59. The van der Waals surface area contributed by atoms with Crippen molar-refractivity contribution in [2.45, 2.75) is 77.7 Å². The van der Waals surface area contributed by atoms with Crippen LogP contribution < -0.4 is 10.8 Å². The van der Waals surface area contributed by atoms with Crippen LogP contribution in [0.1, 0.15) is 66.3 Å². The van der Waals surface area contributed by atoms with Crippen molar-refractivity contribution in [3.8, 4) is 0 Å². The summed E-state index contributed by atoms with van der Waals surface area (Å²) in [6, 6.07) is 5.09. The predicted molar refractivity (Wildman–Crippen MR) is 130 cm³/mol. The zero-order valence-corrected chi connectivity index (χ0v) is 21.1. The Morgan fingerprint density at radius 1 is 1.24 bits per heavy atom. The van der Waals surface area contributed by atoms with Crippen LogP contribution in [0.4, 0.5) is 4.79 Å². The number of aromatic amines is 1. The van der Waals surface area contributed by atoms with Crippen LogP contribution in [0.25, 0.3) is 11.0 Å². The minimum absolute atomic E-state index is 0.0778. The number of carbonyl (C=O) groups excluding carboxylic acids is 2. The van der Waals surface area contributed by atoms with Gasteiger partial charge in [0.15, 0.2) is 0 Å². The Morgan fingerprint density at radius 2 is 1.91 bits per heavy atom. The molecule has 2 aliphatic rings. The standard InChI is InChI=1S/C24H35BN4O5/c1-14(2)19(28-22(31)32-7)21(30)29-12-8-9-18(29)20-26-16-11-10-15(13-17(16)27-20)25-33-23(3,4)24(5,6)34-25/h10-11,13-14,18-19H,8-9,12H2,1-7H3,(H,26,27)(H,28,31)/t18-,19?/m0/s1. The Kier molecular flexibility index (Phi) is 6.41. The van der Waals surface area contributed by atoms with Crippen molar-refractivity contribution in [1.29, 1.82) is 0 Å². The van der Waals surface area contributed by atoms with Gasteiger partial charge >= 0.3 is 13.2 Å². The molecule has 0 bridgehead atoms. The molecule has 2 atom stereocenters. The molecule has 0 aliphatic carbocycles. The summed E-state index contributed by atoms with van der Waals surface area (Å²) >= 11 is 0. The van der Waals surface area contributed by atoms with Gasteiger partial charge in [-0.2, -0.15) is 0 Å². The van der Waals surface area contributed by atoms with Crippen molar-refractivity contribution >= 4 is 35.6 Å². The number of nitrogens with zero attached hydrogens (tertiary/aromatic N) is 2. The molecule has 2 aromatic rings. The smallest absolute Gasteiger partial charge is 0.453 e. The van der Waals surface area contributed by atoms with Gasteiger partial charge in [0.2, 0.25) is 5.91 Å². The van der Waals surface area contributed by atoms with Crippen molar-refractivity contribution in [1.82, 2.24) is 20.2 Å². The number of ether oxygens (including phenoxy) is 1. The highest BCUT2D eigenvalue weighted by molar-refractivity contribution is 6.62. The number of rotatable bonds is 5. The number of likely N-dealkylation sites (tertiary alicyclic amines) is 1. The second-order valence-corrected chi connectivity index (χ2v) is 10.5. The van der Waals surface area contributed by atoms with Gasteiger partial charge in [0.1, 0.15) is 11.9 Å². The molecule has 1 aromatic carbocycles. The SMILES string of the molecule is COC(=O)NC(C(=O)N1CCC[C@H]1c1nc2ccc(B3OC(C)(C)C(C)(C)O3)cc2[nH]1)C(C)C. The quantitative estimate of drug-likeness (QED) is 0.652. The maximum atomic E-state index is 13.4. The third-order valence-corrected chi connectivity index (χ3v) is 7.29. The molecule has 3 heterocycles. The second-order valence-electron chi connectivity index (χ2n) is 10.5. The molecule has 2 N–H and O–H groups in total. The third kappa shape index (κ3) is 4.41. The Morgan fingerprint density at radius 3 is 2.53 bits per heavy atom. The number of hydrogen-bond donors (Lipinski definition) is 2. The number of carbonyl (C=O) groups is 2. The lowest BCUT2D eigenvalue weighted by Gasteiger charge is -2.32. The van der Waals surface area contributed by atoms with E-state index >= 15 is 0 Å². The van der Waals surface area contributed by atoms with E-state index in [4.69, 9.17) is 19.0 Å². The highest BCUT2D eigenvalue weighted by atomic mass is 16.7. The van der Waals surface area contributed by atoms with Crippen molar-refractivity contribution in [2.24, 2.45) is 5.92 Å². The number of methoxy groups -OCH3 is 1. The Bertz CT molecular complexity index is 1070. The molecule has 34 heavy (non-hydrogen) atoms. The van der Waals surface area contributed by atoms with Crippen molar-refractivity contribution in [3.63, 3.8) is 0 Å². The highest BCUT2D eigenvalue weighted by Gasteiger charge is 2.51. The van der Waals surface area contributed by atoms with Gasteiger partial charge in [0, 0.05) is 6.54 Å². The lowest BCUT2D eigenvalue weighted by atomic mass is 9.79. The van der Waals surface area contributed by atoms with Gasteiger partial charge in [-0.1, -0.05) is 19.9 Å². The van der Waals surface area contributed by atoms with Crippen LogP contribution in [-0.2, 0) is 18.8 Å². The van der Waals surface area contributed by atoms with Crippen molar-refractivity contribution < 1.29 is 23.6 Å². The van der Waals surface area contributed by atoms with Crippen molar-refractivity contribution in [2.75, 3.05) is 13.7 Å². The molecule has 0 radical (unpaired) electrons. The van der Waals surface area contributed by atoms with Gasteiger partial charge in [-0.15, -0.1) is 0 Å². The number of H-pyrrole nitrogens is 1. The van der Waals surface area contributed by atoms with Gasteiger partial charge in [-0.25, -0.2) is 9.78 Å². The molecule has 2 aliphatic heterocycles. The topological polar surface area (TPSA) is 106 Å². The predicted octanol–water partition coefficient (Wildman–Crippen LogP) is 2.91. The summed E-state index contributed by atoms with van der Waals surface area (Å²) < 4.78 is 17.1. The van der Waals surface area contributed by atoms with Gasteiger partial charge in [-0.3, -0.25) is 4.79 Å². The first kappa shape index (κ1) is 24.5. The Labute approximate surface area is 201 Å². The zero-order valence-electron chi connectivity index (χ0n) is 21.1. The first-order valence-electron chi connectivity index (χ1n) is 11.9. The molecular formula is C24H35BN4O5. The van der Waals surface area contributed by atoms with Crippen LogP contribution in [0.15, 0.2) is 18.2 Å². The number of hydrogen-bond acceptors (Lipinski definition) is 6. The fourth-order valence-electron chi connectivity index (χ4n) is 4.52. The molecule has 184 valence electrons. The lowest BCUT2D eigenvalue weighted by molar-refractivity contribution is -0.135. The summed E-state index contributed by atoms with van der Waals surface area (Å²) in [5.41, 5.74) is 1.78. The maximum Gasteiger partial charge on any atom is 0.494 e. The summed E-state index contributed by atoms with van der Waals surface area (Å²) in [7, 11) is 0.837. The van der Waals surface area contributed by atoms with Crippen LogP contribution >= 0.6 is 0 Å². The fourth-order valence-corrected chi connectivity index (χ4v) is 4.52. The summed E-state index contributed by atoms with van der Waals surface area (Å²) in [5, 5.41) is 2.68. The molecule has 2 amide bonds. The molecule has 1 unspecified atom stereocenters. The summed E-state index contributed by atoms with van der Waals surface area (Å²) in [5.74, 6) is 0.541. The van der Waals surface area contributed by atoms with E-state index in [9.17, 15) is 9.59 Å². The van der Waals surface area contributed by atoms with E-state index in [-0.39, 0.29) is 17.9 Å². The minimum atomic E-state index is -0.660. The number of nitrogens with one attached hydrogen (secondary N) is 2. The zero-order chi connectivity index (χ0) is 24.8. The van der Waals surface area contributed by atoms with E-state index in [1.165, 1.54) is 7.11 Å². The second kappa shape index (κ2) is 8.89. The number of aromatic nitrogens is 2. The first-order chi connectivity index (χ1) is 15.9. The number of fused-ring (bicyclic) bond motifs is 1. The number of benzene rings is 1. The molecule has 0 saturated carbocycles. The van der Waals surface area contributed by atoms with E-state index in [1.54, 1.807) is 0 Å². The number of imidazole rings is 1. The van der Waals surface area contributed by atoms with E-state index < -0.39 is 30.5 Å². The maximum absolute atomic E-state index is 13.4. The number of amides is 2. The minimum Gasteiger partial charge on any atom is -0.453 e. The van der Waals surface area contributed by atoms with Gasteiger partial charge < -0.3 is 29.2 Å². The summed E-state index contributed by atoms with van der Waals surface area (Å²) in [4.78, 5) is 35.2. The van der Waals surface area contributed by atoms with Crippen molar-refractivity contribution in [3.05, 3.63) is 24.0 Å². The van der Waals surface area contributed by atoms with E-state index in [0.29, 0.717) is 6.54 Å². The first-order valence-corrected chi connectivity index (χ1v) is 11.9. The average molecular weight is 470 g/mol. The summed E-state index contributed by atoms with van der Waals surface area (Å²) in [6.45, 7) is 12.6. The van der Waals surface area contributed by atoms with Gasteiger partial charge in [0.25, 0.3) is 0 Å². The average Bonchev–Trinajstić information content (AvgIpc) is 3.46. The molecule has 4 rings (SSSR count). The van der Waals surface area contributed by atoms with Crippen LogP contribution in [-0.4, -0.2) is 64.9 Å². The lowest BCUT2D eigenvalue weighted by Crippen LogP contribution is -2.51. The normalized spacial score (nSPS) is 22.4. The molecule has 1 aromatic heterocycles. The molecule has 10 heteroatoms. The van der Waals surface area contributed by atoms with Crippen LogP contribution in [0.5, 0.6) is 0 Å². The third-order valence-electron chi connectivity index (χ3n) is 7.29. The van der Waals surface area contributed by atoms with Gasteiger partial charge in [0.05, 0.1) is 35.4 Å². The van der Waals surface area contributed by atoms with Crippen LogP contribution in [0.2, 0.25) is 0 Å². The van der Waals surface area contributed by atoms with Gasteiger partial charge in [-0.05, 0) is 64.1 Å². The van der Waals surface area contributed by atoms with Crippen LogP contribution in [0, 0.1) is 5.92 Å². The molecule has 2 fully saturated rings. The van der Waals surface area contributed by atoms with E-state index in [1.807, 2.05) is 64.6 Å². The summed E-state index contributed by atoms with van der Waals surface area (Å²) in [6.07, 6.45) is 1.07. The largest absolute Gasteiger partial charge is 0.494 e. The molecular weight excluding hydrogens is 435 g/mol. The van der Waals surface area contributed by atoms with Crippen LogP contribution in [0.3, 0.4) is 0 Å². The highest BCUT2D eigenvalue weighted by Crippen LogP contribution is 2.37. The number of alkyl carbamates (subject to hydrolysis) is 1. The van der Waals surface area contributed by atoms with E-state index in [2.05, 4.69) is 10.3 Å². The molecule has 9 nitrogen and oxygen atoms in total. The Balaban J connectivity index is 1.57. The monoisotopic (exact) mass is 470 g/mol. The fraction of sp³-hybridized carbons (Fsp3) is 0.625. The molecule has 2 saturated heterocycles. The molecule has 0 spiro atoms. The van der Waals surface area contributed by atoms with E-state index in [0.717, 1.165) is 35.2 Å².